The maximum absolute atomic E-state index is 6.62. The highest BCUT2D eigenvalue weighted by atomic mass is 32.1. The van der Waals surface area contributed by atoms with Gasteiger partial charge in [0.15, 0.2) is 0 Å². The van der Waals surface area contributed by atoms with Crippen molar-refractivity contribution in [1.29, 1.82) is 0 Å². The largest absolute Gasteiger partial charge is 0.454 e. The monoisotopic (exact) mass is 380 g/mol. The fraction of sp³-hybridized carbons (Fsp3) is 0.238. The Labute approximate surface area is 156 Å². The van der Waals surface area contributed by atoms with E-state index in [4.69, 9.17) is 4.74 Å². The van der Waals surface area contributed by atoms with Crippen LogP contribution in [0.2, 0.25) is 19.6 Å². The Bertz CT molecular complexity index is 1050. The highest BCUT2D eigenvalue weighted by molar-refractivity contribution is 7.22. The molecule has 0 aliphatic carbocycles. The van der Waals surface area contributed by atoms with E-state index >= 15 is 0 Å². The summed E-state index contributed by atoms with van der Waals surface area (Å²) in [5, 5.41) is 2.59. The molecule has 0 unspecified atom stereocenters. The fourth-order valence-electron chi connectivity index (χ4n) is 3.79. The zero-order valence-electron chi connectivity index (χ0n) is 14.8. The summed E-state index contributed by atoms with van der Waals surface area (Å²) in [6.45, 7) is 9.92. The molecule has 0 amide bonds. The van der Waals surface area contributed by atoms with Gasteiger partial charge in [0, 0.05) is 25.2 Å². The first-order chi connectivity index (χ1) is 11.9. The molecule has 0 atom stereocenters. The number of fused-ring (bicyclic) bond motifs is 6. The minimum atomic E-state index is -1.57. The Morgan fingerprint density at radius 3 is 1.64 bits per heavy atom. The van der Waals surface area contributed by atoms with Crippen LogP contribution in [-0.4, -0.2) is 8.07 Å². The van der Waals surface area contributed by atoms with Gasteiger partial charge >= 0.3 is 0 Å². The fourth-order valence-corrected chi connectivity index (χ4v) is 9.96. The summed E-state index contributed by atoms with van der Waals surface area (Å²) in [5.41, 5.74) is 0. The van der Waals surface area contributed by atoms with Gasteiger partial charge in [0.05, 0.1) is 17.8 Å². The summed E-state index contributed by atoms with van der Waals surface area (Å²) in [6.07, 6.45) is 0. The van der Waals surface area contributed by atoms with Crippen molar-refractivity contribution < 1.29 is 4.74 Å². The Balaban J connectivity index is 1.93. The Kier molecular flexibility index (Phi) is 3.10. The summed E-state index contributed by atoms with van der Waals surface area (Å²) < 4.78 is 9.28. The van der Waals surface area contributed by atoms with Crippen LogP contribution in [0.1, 0.15) is 16.7 Å². The second-order valence-electron chi connectivity index (χ2n) is 7.99. The molecule has 5 rings (SSSR count). The first-order valence-corrected chi connectivity index (χ1v) is 13.8. The van der Waals surface area contributed by atoms with E-state index in [1.807, 2.05) is 22.7 Å². The maximum Gasteiger partial charge on any atom is 0.149 e. The molecular weight excluding hydrogens is 360 g/mol. The van der Waals surface area contributed by atoms with Crippen LogP contribution in [0.5, 0.6) is 11.5 Å². The summed E-state index contributed by atoms with van der Waals surface area (Å²) in [7, 11) is -1.57. The zero-order valence-corrected chi connectivity index (χ0v) is 17.5. The van der Waals surface area contributed by atoms with E-state index < -0.39 is 8.07 Å². The Morgan fingerprint density at radius 2 is 1.20 bits per heavy atom. The molecule has 2 aromatic carbocycles. The molecule has 126 valence electrons. The van der Waals surface area contributed by atoms with Crippen LogP contribution in [0.25, 0.3) is 20.2 Å². The second kappa shape index (κ2) is 4.97. The lowest BCUT2D eigenvalue weighted by Gasteiger charge is -2.42. The standard InChI is InChI=1S/C21H20OS2Si/c1-21(25(2,3)4)19-17(13-9-5-7-11-15(13)23-19)22-18-14-10-6-8-12-16(14)24-20(18)21/h5-12H,1-4H3. The van der Waals surface area contributed by atoms with Gasteiger partial charge in [-0.25, -0.2) is 0 Å². The number of ether oxygens (including phenoxy) is 1. The van der Waals surface area contributed by atoms with Crippen LogP contribution in [-0.2, 0) is 5.04 Å². The van der Waals surface area contributed by atoms with Gasteiger partial charge in [0.25, 0.3) is 0 Å². The smallest absolute Gasteiger partial charge is 0.149 e. The first kappa shape index (κ1) is 15.6. The zero-order chi connectivity index (χ0) is 17.4. The molecule has 3 heterocycles. The number of benzene rings is 2. The lowest BCUT2D eigenvalue weighted by molar-refractivity contribution is 0.458. The van der Waals surface area contributed by atoms with Crippen molar-refractivity contribution in [3.63, 3.8) is 0 Å². The third-order valence-electron chi connectivity index (χ3n) is 5.71. The summed E-state index contributed by atoms with van der Waals surface area (Å²) in [4.78, 5) is 2.85. The van der Waals surface area contributed by atoms with Crippen molar-refractivity contribution in [2.24, 2.45) is 0 Å². The highest BCUT2D eigenvalue weighted by Crippen LogP contribution is 2.61. The number of hydrogen-bond donors (Lipinski definition) is 0. The molecule has 25 heavy (non-hydrogen) atoms. The highest BCUT2D eigenvalue weighted by Gasteiger charge is 2.51. The Morgan fingerprint density at radius 1 is 0.760 bits per heavy atom. The minimum Gasteiger partial charge on any atom is -0.454 e. The van der Waals surface area contributed by atoms with Gasteiger partial charge in [-0.3, -0.25) is 0 Å². The van der Waals surface area contributed by atoms with E-state index in [0.717, 1.165) is 11.5 Å². The normalized spacial score (nSPS) is 15.8. The van der Waals surface area contributed by atoms with Crippen LogP contribution in [0, 0.1) is 0 Å². The van der Waals surface area contributed by atoms with Gasteiger partial charge in [0.2, 0.25) is 0 Å². The van der Waals surface area contributed by atoms with Crippen LogP contribution < -0.4 is 4.74 Å². The number of thiophene rings is 2. The summed E-state index contributed by atoms with van der Waals surface area (Å²) >= 11 is 3.85. The molecule has 0 N–H and O–H groups in total. The summed E-state index contributed by atoms with van der Waals surface area (Å²) in [6, 6.07) is 17.3. The molecule has 1 aliphatic rings. The molecule has 1 nitrogen and oxygen atoms in total. The second-order valence-corrected chi connectivity index (χ2v) is 15.6. The molecular formula is C21H20OS2Si. The van der Waals surface area contributed by atoms with Crippen LogP contribution in [0.15, 0.2) is 48.5 Å². The molecule has 0 bridgehead atoms. The minimum absolute atomic E-state index is 0.0727. The molecule has 0 fully saturated rings. The lowest BCUT2D eigenvalue weighted by atomic mass is 10.0. The molecule has 0 spiro atoms. The van der Waals surface area contributed by atoms with Gasteiger partial charge in [-0.15, -0.1) is 22.7 Å². The van der Waals surface area contributed by atoms with E-state index in [-0.39, 0.29) is 5.04 Å². The third-order valence-corrected chi connectivity index (χ3v) is 12.3. The lowest BCUT2D eigenvalue weighted by Crippen LogP contribution is -2.48. The van der Waals surface area contributed by atoms with Gasteiger partial charge in [0.1, 0.15) is 11.5 Å². The molecule has 0 saturated carbocycles. The SMILES string of the molecule is CC1([Si](C)(C)C)c2sc3ccccc3c2Oc2c1sc1ccccc21. The van der Waals surface area contributed by atoms with E-state index in [1.165, 1.54) is 29.9 Å². The van der Waals surface area contributed by atoms with Gasteiger partial charge in [-0.2, -0.15) is 0 Å². The number of hydrogen-bond acceptors (Lipinski definition) is 3. The molecule has 2 aromatic heterocycles. The van der Waals surface area contributed by atoms with Crippen LogP contribution in [0.4, 0.5) is 0 Å². The average Bonchev–Trinajstić information content (AvgIpc) is 3.14. The molecule has 4 aromatic rings. The van der Waals surface area contributed by atoms with Crippen molar-refractivity contribution in [3.05, 3.63) is 58.3 Å². The third kappa shape index (κ3) is 1.93. The van der Waals surface area contributed by atoms with E-state index in [9.17, 15) is 0 Å². The average molecular weight is 381 g/mol. The van der Waals surface area contributed by atoms with Gasteiger partial charge in [-0.05, 0) is 24.3 Å². The topological polar surface area (TPSA) is 9.23 Å². The van der Waals surface area contributed by atoms with Crippen molar-refractivity contribution in [1.82, 2.24) is 0 Å². The molecule has 0 radical (unpaired) electrons. The van der Waals surface area contributed by atoms with E-state index in [2.05, 4.69) is 75.1 Å². The van der Waals surface area contributed by atoms with Crippen LogP contribution in [0.3, 0.4) is 0 Å². The number of rotatable bonds is 1. The van der Waals surface area contributed by atoms with E-state index in [0.29, 0.717) is 0 Å². The molecule has 0 saturated heterocycles. The van der Waals surface area contributed by atoms with Gasteiger partial charge in [-0.1, -0.05) is 50.8 Å². The van der Waals surface area contributed by atoms with Crippen molar-refractivity contribution in [3.8, 4) is 11.5 Å². The quantitative estimate of drug-likeness (QED) is 0.312. The van der Waals surface area contributed by atoms with E-state index in [1.54, 1.807) is 0 Å². The molecule has 4 heteroatoms. The van der Waals surface area contributed by atoms with Crippen LogP contribution >= 0.6 is 22.7 Å². The maximum atomic E-state index is 6.62. The first-order valence-electron chi connectivity index (χ1n) is 8.63. The predicted octanol–water partition coefficient (Wildman–Crippen LogP) is 7.41. The molecule has 1 aliphatic heterocycles. The Hall–Kier alpha value is -1.62. The van der Waals surface area contributed by atoms with Crippen molar-refractivity contribution in [2.75, 3.05) is 0 Å². The van der Waals surface area contributed by atoms with Gasteiger partial charge < -0.3 is 4.74 Å². The predicted molar refractivity (Wildman–Crippen MR) is 114 cm³/mol. The van der Waals surface area contributed by atoms with Crippen molar-refractivity contribution >= 4 is 50.9 Å². The van der Waals surface area contributed by atoms with Crippen molar-refractivity contribution in [2.45, 2.75) is 31.6 Å². The summed E-state index contributed by atoms with van der Waals surface area (Å²) in [5.74, 6) is 2.20.